The van der Waals surface area contributed by atoms with E-state index in [1.165, 1.54) is 0 Å². The second-order valence-corrected chi connectivity index (χ2v) is 4.05. The largest absolute Gasteiger partial charge is 0.481 e. The molecule has 0 bridgehead atoms. The second-order valence-electron chi connectivity index (χ2n) is 4.05. The predicted molar refractivity (Wildman–Crippen MR) is 58.2 cm³/mol. The van der Waals surface area contributed by atoms with E-state index in [1.54, 1.807) is 6.92 Å². The molecule has 1 aliphatic carbocycles. The van der Waals surface area contributed by atoms with E-state index in [4.69, 9.17) is 9.84 Å². The zero-order valence-electron chi connectivity index (χ0n) is 9.57. The molecule has 1 saturated carbocycles. The Morgan fingerprint density at radius 2 is 2.00 bits per heavy atom. The molecule has 2 N–H and O–H groups in total. The summed E-state index contributed by atoms with van der Waals surface area (Å²) in [5.41, 5.74) is 0. The molecule has 1 aliphatic rings. The molecule has 0 saturated heterocycles. The predicted octanol–water partition coefficient (Wildman–Crippen LogP) is 1.77. The van der Waals surface area contributed by atoms with Crippen LogP contribution in [0.5, 0.6) is 0 Å². The first kappa shape index (κ1) is 12.8. The molecule has 1 rings (SSSR count). The number of carbonyl (C=O) groups excluding carboxylic acids is 1. The molecule has 16 heavy (non-hydrogen) atoms. The van der Waals surface area contributed by atoms with Crippen molar-refractivity contribution < 1.29 is 19.4 Å². The van der Waals surface area contributed by atoms with Crippen molar-refractivity contribution in [2.75, 3.05) is 6.61 Å². The Morgan fingerprint density at radius 3 is 2.62 bits per heavy atom. The number of nitrogens with one attached hydrogen (secondary N) is 1. The molecular weight excluding hydrogens is 210 g/mol. The van der Waals surface area contributed by atoms with Crippen LogP contribution in [-0.4, -0.2) is 29.8 Å². The van der Waals surface area contributed by atoms with E-state index in [-0.39, 0.29) is 6.04 Å². The highest BCUT2D eigenvalue weighted by atomic mass is 16.5. The van der Waals surface area contributed by atoms with Gasteiger partial charge in [-0.2, -0.15) is 0 Å². The first-order chi connectivity index (χ1) is 7.65. The Labute approximate surface area is 95.2 Å². The summed E-state index contributed by atoms with van der Waals surface area (Å²) in [5, 5.41) is 11.7. The molecule has 0 heterocycles. The molecule has 5 heteroatoms. The van der Waals surface area contributed by atoms with Gasteiger partial charge in [0, 0.05) is 6.04 Å². The molecule has 0 aromatic rings. The fourth-order valence-electron chi connectivity index (χ4n) is 2.10. The lowest BCUT2D eigenvalue weighted by Crippen LogP contribution is -2.43. The molecule has 0 aromatic carbocycles. The summed E-state index contributed by atoms with van der Waals surface area (Å²) in [6, 6.07) is -0.293. The number of carboxylic acid groups (broad SMARTS) is 1. The molecule has 2 atom stereocenters. The Hall–Kier alpha value is -1.26. The monoisotopic (exact) mass is 229 g/mol. The number of aliphatic carboxylic acids is 1. The molecule has 1 fully saturated rings. The second kappa shape index (κ2) is 6.35. The van der Waals surface area contributed by atoms with Crippen LogP contribution >= 0.6 is 0 Å². The summed E-state index contributed by atoms with van der Waals surface area (Å²) in [6.07, 6.45) is 3.74. The smallest absolute Gasteiger partial charge is 0.407 e. The third-order valence-electron chi connectivity index (χ3n) is 2.91. The van der Waals surface area contributed by atoms with Crippen LogP contribution < -0.4 is 5.32 Å². The molecule has 2 unspecified atom stereocenters. The highest BCUT2D eigenvalue weighted by Gasteiger charge is 2.30. The minimum absolute atomic E-state index is 0.293. The lowest BCUT2D eigenvalue weighted by atomic mass is 9.95. The lowest BCUT2D eigenvalue weighted by molar-refractivity contribution is -0.142. The van der Waals surface area contributed by atoms with Crippen LogP contribution in [0.4, 0.5) is 4.79 Å². The number of amides is 1. The topological polar surface area (TPSA) is 75.6 Å². The first-order valence-corrected chi connectivity index (χ1v) is 5.81. The van der Waals surface area contributed by atoms with Crippen molar-refractivity contribution in [2.45, 2.75) is 45.1 Å². The van der Waals surface area contributed by atoms with Gasteiger partial charge < -0.3 is 15.2 Å². The van der Waals surface area contributed by atoms with E-state index < -0.39 is 18.0 Å². The van der Waals surface area contributed by atoms with Gasteiger partial charge in [0.1, 0.15) is 0 Å². The Balaban J connectivity index is 2.57. The number of rotatable bonds is 3. The first-order valence-electron chi connectivity index (χ1n) is 5.81. The Morgan fingerprint density at radius 1 is 1.31 bits per heavy atom. The molecule has 0 aliphatic heterocycles. The number of ether oxygens (including phenoxy) is 1. The highest BCUT2D eigenvalue weighted by molar-refractivity contribution is 5.73. The van der Waals surface area contributed by atoms with Gasteiger partial charge in [-0.3, -0.25) is 4.79 Å². The van der Waals surface area contributed by atoms with Crippen LogP contribution in [0.25, 0.3) is 0 Å². The third-order valence-corrected chi connectivity index (χ3v) is 2.91. The quantitative estimate of drug-likeness (QED) is 0.723. The van der Waals surface area contributed by atoms with Gasteiger partial charge in [0.05, 0.1) is 12.5 Å². The lowest BCUT2D eigenvalue weighted by Gasteiger charge is -2.22. The maximum Gasteiger partial charge on any atom is 0.407 e. The van der Waals surface area contributed by atoms with Crippen molar-refractivity contribution in [3.05, 3.63) is 0 Å². The van der Waals surface area contributed by atoms with Gasteiger partial charge in [0.15, 0.2) is 0 Å². The number of carboxylic acids is 1. The minimum Gasteiger partial charge on any atom is -0.481 e. The maximum atomic E-state index is 11.3. The molecule has 92 valence electrons. The molecule has 0 aromatic heterocycles. The van der Waals surface area contributed by atoms with Crippen LogP contribution in [0.1, 0.15) is 39.0 Å². The van der Waals surface area contributed by atoms with E-state index in [0.29, 0.717) is 13.0 Å². The number of alkyl carbamates (subject to hydrolysis) is 1. The SMILES string of the molecule is CCOC(=O)NC1CCCCCC1C(=O)O. The van der Waals surface area contributed by atoms with Gasteiger partial charge in [0.2, 0.25) is 0 Å². The van der Waals surface area contributed by atoms with Crippen molar-refractivity contribution >= 4 is 12.1 Å². The van der Waals surface area contributed by atoms with Gasteiger partial charge in [-0.1, -0.05) is 19.3 Å². The van der Waals surface area contributed by atoms with Crippen LogP contribution in [0.15, 0.2) is 0 Å². The molecule has 0 radical (unpaired) electrons. The van der Waals surface area contributed by atoms with Crippen molar-refractivity contribution in [1.29, 1.82) is 0 Å². The van der Waals surface area contributed by atoms with Crippen LogP contribution in [0, 0.1) is 5.92 Å². The summed E-state index contributed by atoms with van der Waals surface area (Å²) in [6.45, 7) is 2.03. The molecule has 0 spiro atoms. The van der Waals surface area contributed by atoms with Crippen molar-refractivity contribution in [1.82, 2.24) is 5.32 Å². The van der Waals surface area contributed by atoms with E-state index in [2.05, 4.69) is 5.32 Å². The summed E-state index contributed by atoms with van der Waals surface area (Å²) >= 11 is 0. The van der Waals surface area contributed by atoms with Crippen LogP contribution in [0.3, 0.4) is 0 Å². The minimum atomic E-state index is -0.830. The van der Waals surface area contributed by atoms with Crippen molar-refractivity contribution in [2.24, 2.45) is 5.92 Å². The van der Waals surface area contributed by atoms with E-state index >= 15 is 0 Å². The van der Waals surface area contributed by atoms with Crippen LogP contribution in [-0.2, 0) is 9.53 Å². The van der Waals surface area contributed by atoms with Crippen molar-refractivity contribution in [3.63, 3.8) is 0 Å². The van der Waals surface area contributed by atoms with Gasteiger partial charge in [-0.15, -0.1) is 0 Å². The van der Waals surface area contributed by atoms with E-state index in [9.17, 15) is 9.59 Å². The normalized spacial score (nSPS) is 25.6. The van der Waals surface area contributed by atoms with Gasteiger partial charge in [0.25, 0.3) is 0 Å². The summed E-state index contributed by atoms with van der Waals surface area (Å²) in [5.74, 6) is -1.31. The van der Waals surface area contributed by atoms with Crippen LogP contribution in [0.2, 0.25) is 0 Å². The number of carbonyl (C=O) groups is 2. The van der Waals surface area contributed by atoms with Gasteiger partial charge >= 0.3 is 12.1 Å². The fourth-order valence-corrected chi connectivity index (χ4v) is 2.10. The molecule has 1 amide bonds. The summed E-state index contributed by atoms with van der Waals surface area (Å²) in [7, 11) is 0. The maximum absolute atomic E-state index is 11.3. The number of hydrogen-bond acceptors (Lipinski definition) is 3. The third kappa shape index (κ3) is 3.72. The Kier molecular flexibility index (Phi) is 5.08. The van der Waals surface area contributed by atoms with Gasteiger partial charge in [-0.25, -0.2) is 4.79 Å². The van der Waals surface area contributed by atoms with Crippen molar-refractivity contribution in [3.8, 4) is 0 Å². The summed E-state index contributed by atoms with van der Waals surface area (Å²) < 4.78 is 4.77. The zero-order chi connectivity index (χ0) is 12.0. The molecule has 5 nitrogen and oxygen atoms in total. The average Bonchev–Trinajstić information content (AvgIpc) is 2.43. The fraction of sp³-hybridized carbons (Fsp3) is 0.818. The standard InChI is InChI=1S/C11H19NO4/c1-2-16-11(15)12-9-7-5-3-4-6-8(9)10(13)14/h8-9H,2-7H2,1H3,(H,12,15)(H,13,14). The zero-order valence-corrected chi connectivity index (χ0v) is 9.57. The van der Waals surface area contributed by atoms with E-state index in [1.807, 2.05) is 0 Å². The molecular formula is C11H19NO4. The Bertz CT molecular complexity index is 254. The average molecular weight is 229 g/mol. The van der Waals surface area contributed by atoms with E-state index in [0.717, 1.165) is 25.7 Å². The van der Waals surface area contributed by atoms with Gasteiger partial charge in [-0.05, 0) is 19.8 Å². The summed E-state index contributed by atoms with van der Waals surface area (Å²) in [4.78, 5) is 22.3. The highest BCUT2D eigenvalue weighted by Crippen LogP contribution is 2.23. The number of hydrogen-bond donors (Lipinski definition) is 2.